The van der Waals surface area contributed by atoms with Crippen molar-refractivity contribution in [3.8, 4) is 0 Å². The Balaban J connectivity index is 2.16. The number of aryl methyl sites for hydroxylation is 1. The van der Waals surface area contributed by atoms with Crippen molar-refractivity contribution in [2.45, 2.75) is 26.3 Å². The maximum absolute atomic E-state index is 4.46. The van der Waals surface area contributed by atoms with Crippen LogP contribution in [0, 0.1) is 6.92 Å². The third-order valence-corrected chi connectivity index (χ3v) is 4.56. The van der Waals surface area contributed by atoms with Gasteiger partial charge in [0.1, 0.15) is 4.60 Å². The zero-order valence-electron chi connectivity index (χ0n) is 8.76. The Morgan fingerprint density at radius 3 is 2.67 bits per heavy atom. The van der Waals surface area contributed by atoms with Crippen LogP contribution in [0.3, 0.4) is 0 Å². The van der Waals surface area contributed by atoms with Gasteiger partial charge in [0.05, 0.1) is 4.47 Å². The topological polar surface area (TPSA) is 16.1 Å². The summed E-state index contributed by atoms with van der Waals surface area (Å²) in [4.78, 5) is 6.95. The van der Waals surface area contributed by atoms with Crippen LogP contribution in [0.15, 0.2) is 15.1 Å². The van der Waals surface area contributed by atoms with E-state index in [9.17, 15) is 0 Å². The van der Waals surface area contributed by atoms with Crippen LogP contribution in [0.5, 0.6) is 0 Å². The normalized spacial score (nSPS) is 17.3. The molecular weight excluding hydrogens is 320 g/mol. The van der Waals surface area contributed by atoms with Gasteiger partial charge in [-0.3, -0.25) is 4.90 Å². The van der Waals surface area contributed by atoms with Gasteiger partial charge in [-0.2, -0.15) is 0 Å². The van der Waals surface area contributed by atoms with E-state index in [-0.39, 0.29) is 0 Å². The molecule has 2 nitrogen and oxygen atoms in total. The minimum Gasteiger partial charge on any atom is -0.299 e. The first kappa shape index (κ1) is 11.6. The van der Waals surface area contributed by atoms with E-state index in [0.717, 1.165) is 21.3 Å². The number of aromatic nitrogens is 1. The molecule has 1 aromatic heterocycles. The zero-order chi connectivity index (χ0) is 10.8. The van der Waals surface area contributed by atoms with Gasteiger partial charge in [0.2, 0.25) is 0 Å². The van der Waals surface area contributed by atoms with Gasteiger partial charge in [0.15, 0.2) is 0 Å². The summed E-state index contributed by atoms with van der Waals surface area (Å²) < 4.78 is 1.94. The Kier molecular flexibility index (Phi) is 3.80. The molecule has 2 heterocycles. The summed E-state index contributed by atoms with van der Waals surface area (Å²) in [5.41, 5.74) is 2.45. The fourth-order valence-electron chi connectivity index (χ4n) is 1.93. The molecule has 15 heavy (non-hydrogen) atoms. The van der Waals surface area contributed by atoms with E-state index in [4.69, 9.17) is 0 Å². The summed E-state index contributed by atoms with van der Waals surface area (Å²) in [5.74, 6) is 0. The molecule has 1 aliphatic heterocycles. The van der Waals surface area contributed by atoms with Gasteiger partial charge in [-0.25, -0.2) is 4.98 Å². The summed E-state index contributed by atoms with van der Waals surface area (Å²) in [7, 11) is 0. The molecular formula is C11H14Br2N2. The second-order valence-corrected chi connectivity index (χ2v) is 5.59. The molecule has 1 fully saturated rings. The van der Waals surface area contributed by atoms with Crippen LogP contribution in [0.2, 0.25) is 0 Å². The minimum absolute atomic E-state index is 0.894. The molecule has 0 bridgehead atoms. The molecule has 0 aliphatic carbocycles. The Hall–Kier alpha value is 0.0700. The van der Waals surface area contributed by atoms with Gasteiger partial charge in [-0.05, 0) is 76.3 Å². The van der Waals surface area contributed by atoms with E-state index < -0.39 is 0 Å². The second kappa shape index (κ2) is 4.93. The molecule has 0 radical (unpaired) electrons. The molecule has 0 saturated carbocycles. The van der Waals surface area contributed by atoms with Crippen LogP contribution < -0.4 is 0 Å². The Bertz CT molecular complexity index is 360. The average Bonchev–Trinajstić information content (AvgIpc) is 2.67. The fourth-order valence-corrected chi connectivity index (χ4v) is 2.68. The quantitative estimate of drug-likeness (QED) is 0.770. The molecule has 82 valence electrons. The van der Waals surface area contributed by atoms with Crippen LogP contribution in [0.4, 0.5) is 0 Å². The highest BCUT2D eigenvalue weighted by Gasteiger charge is 2.14. The van der Waals surface area contributed by atoms with E-state index in [1.807, 2.05) is 0 Å². The van der Waals surface area contributed by atoms with Crippen LogP contribution in [-0.2, 0) is 6.54 Å². The zero-order valence-corrected chi connectivity index (χ0v) is 11.9. The van der Waals surface area contributed by atoms with Gasteiger partial charge in [-0.1, -0.05) is 0 Å². The first-order valence-electron chi connectivity index (χ1n) is 5.20. The highest BCUT2D eigenvalue weighted by Crippen LogP contribution is 2.24. The van der Waals surface area contributed by atoms with Crippen LogP contribution in [0.1, 0.15) is 24.1 Å². The Morgan fingerprint density at radius 1 is 1.33 bits per heavy atom. The van der Waals surface area contributed by atoms with E-state index in [0.29, 0.717) is 0 Å². The van der Waals surface area contributed by atoms with Crippen molar-refractivity contribution in [2.75, 3.05) is 13.1 Å². The predicted octanol–water partition coefficient (Wildman–Crippen LogP) is 3.51. The number of likely N-dealkylation sites (tertiary alicyclic amines) is 1. The van der Waals surface area contributed by atoms with Crippen LogP contribution in [-0.4, -0.2) is 23.0 Å². The SMILES string of the molecule is Cc1nc(Br)c(Br)cc1CN1CCCC1. The molecule has 0 spiro atoms. The Labute approximate surface area is 107 Å². The summed E-state index contributed by atoms with van der Waals surface area (Å²) >= 11 is 6.92. The lowest BCUT2D eigenvalue weighted by Gasteiger charge is -2.16. The first-order chi connectivity index (χ1) is 7.16. The predicted molar refractivity (Wildman–Crippen MR) is 68.9 cm³/mol. The summed E-state index contributed by atoms with van der Waals surface area (Å²) in [6, 6.07) is 2.17. The lowest BCUT2D eigenvalue weighted by Crippen LogP contribution is -2.19. The van der Waals surface area contributed by atoms with Gasteiger partial charge >= 0.3 is 0 Å². The molecule has 0 unspecified atom stereocenters. The maximum Gasteiger partial charge on any atom is 0.120 e. The molecule has 1 aliphatic rings. The number of hydrogen-bond donors (Lipinski definition) is 0. The van der Waals surface area contributed by atoms with E-state index in [1.54, 1.807) is 0 Å². The third-order valence-electron chi connectivity index (χ3n) is 2.82. The number of halogens is 2. The largest absolute Gasteiger partial charge is 0.299 e. The maximum atomic E-state index is 4.46. The van der Waals surface area contributed by atoms with Crippen LogP contribution >= 0.6 is 31.9 Å². The number of pyridine rings is 1. The molecule has 0 amide bonds. The summed E-state index contributed by atoms with van der Waals surface area (Å²) in [5, 5.41) is 0. The molecule has 2 rings (SSSR count). The lowest BCUT2D eigenvalue weighted by atomic mass is 10.2. The highest BCUT2D eigenvalue weighted by molar-refractivity contribution is 9.13. The molecule has 1 aromatic rings. The van der Waals surface area contributed by atoms with Gasteiger partial charge in [0.25, 0.3) is 0 Å². The van der Waals surface area contributed by atoms with E-state index in [1.165, 1.54) is 31.5 Å². The number of nitrogens with zero attached hydrogens (tertiary/aromatic N) is 2. The fraction of sp³-hybridized carbons (Fsp3) is 0.545. The molecule has 0 atom stereocenters. The monoisotopic (exact) mass is 332 g/mol. The summed E-state index contributed by atoms with van der Waals surface area (Å²) in [6.07, 6.45) is 2.67. The van der Waals surface area contributed by atoms with Crippen molar-refractivity contribution in [1.82, 2.24) is 9.88 Å². The highest BCUT2D eigenvalue weighted by atomic mass is 79.9. The third kappa shape index (κ3) is 2.80. The number of hydrogen-bond acceptors (Lipinski definition) is 2. The van der Waals surface area contributed by atoms with E-state index in [2.05, 4.69) is 54.7 Å². The molecule has 0 aromatic carbocycles. The van der Waals surface area contributed by atoms with Crippen molar-refractivity contribution < 1.29 is 0 Å². The second-order valence-electron chi connectivity index (χ2n) is 3.99. The average molecular weight is 334 g/mol. The van der Waals surface area contributed by atoms with Gasteiger partial charge in [-0.15, -0.1) is 0 Å². The first-order valence-corrected chi connectivity index (χ1v) is 6.79. The molecule has 1 saturated heterocycles. The lowest BCUT2D eigenvalue weighted by molar-refractivity contribution is 0.330. The van der Waals surface area contributed by atoms with Crippen molar-refractivity contribution in [3.05, 3.63) is 26.4 Å². The Morgan fingerprint density at radius 2 is 2.00 bits per heavy atom. The van der Waals surface area contributed by atoms with Crippen molar-refractivity contribution >= 4 is 31.9 Å². The standard InChI is InChI=1S/C11H14Br2N2/c1-8-9(6-10(12)11(13)14-8)7-15-4-2-3-5-15/h6H,2-5,7H2,1H3. The van der Waals surface area contributed by atoms with Gasteiger partial charge < -0.3 is 0 Å². The van der Waals surface area contributed by atoms with Crippen molar-refractivity contribution in [3.63, 3.8) is 0 Å². The minimum atomic E-state index is 0.894. The molecule has 0 N–H and O–H groups in total. The van der Waals surface area contributed by atoms with Gasteiger partial charge in [0, 0.05) is 12.2 Å². The molecule has 4 heteroatoms. The van der Waals surface area contributed by atoms with Crippen LogP contribution in [0.25, 0.3) is 0 Å². The number of rotatable bonds is 2. The van der Waals surface area contributed by atoms with E-state index >= 15 is 0 Å². The smallest absolute Gasteiger partial charge is 0.120 e. The summed E-state index contributed by atoms with van der Waals surface area (Å²) in [6.45, 7) is 5.56. The van der Waals surface area contributed by atoms with Crippen molar-refractivity contribution in [2.24, 2.45) is 0 Å². The van der Waals surface area contributed by atoms with Crippen molar-refractivity contribution in [1.29, 1.82) is 0 Å².